The zero-order valence-electron chi connectivity index (χ0n) is 14.8. The highest BCUT2D eigenvalue weighted by atomic mass is 36.0. The molecule has 4 rings (SSSR count). The van der Waals surface area contributed by atoms with Crippen LogP contribution in [0.5, 0.6) is 0 Å². The first-order valence-corrected chi connectivity index (χ1v) is 12.1. The number of pyridine rings is 2. The van der Waals surface area contributed by atoms with Gasteiger partial charge in [0.1, 0.15) is 11.4 Å². The van der Waals surface area contributed by atoms with Gasteiger partial charge < -0.3 is 5.21 Å². The van der Waals surface area contributed by atoms with Gasteiger partial charge >= 0.3 is 0 Å². The van der Waals surface area contributed by atoms with E-state index in [1.54, 1.807) is 42.9 Å². The Labute approximate surface area is 183 Å². The van der Waals surface area contributed by atoms with Gasteiger partial charge in [-0.2, -0.15) is 5.10 Å². The second-order valence-electron chi connectivity index (χ2n) is 5.01. The summed E-state index contributed by atoms with van der Waals surface area (Å²) in [6.45, 7) is 0. The molecule has 0 atom stereocenters. The van der Waals surface area contributed by atoms with E-state index in [2.05, 4.69) is 25.3 Å². The van der Waals surface area contributed by atoms with Crippen molar-refractivity contribution < 1.29 is 4.85 Å². The lowest BCUT2D eigenvalue weighted by Gasteiger charge is -1.98. The molecule has 0 unspecified atom stereocenters. The molecule has 0 aliphatic rings. The maximum absolute atomic E-state index is 11.2. The largest absolute Gasteiger partial charge is 0.594 e. The first-order valence-electron chi connectivity index (χ1n) is 8.00. The molecule has 4 aromatic rings. The van der Waals surface area contributed by atoms with Crippen LogP contribution in [0, 0.1) is 5.21 Å². The van der Waals surface area contributed by atoms with Crippen LogP contribution in [0.3, 0.4) is 0 Å². The second kappa shape index (κ2) is 12.9. The van der Waals surface area contributed by atoms with Crippen LogP contribution < -0.4 is 4.85 Å². The van der Waals surface area contributed by atoms with Crippen molar-refractivity contribution in [1.82, 2.24) is 25.3 Å². The predicted molar refractivity (Wildman–Crippen MR) is 116 cm³/mol. The highest BCUT2D eigenvalue weighted by molar-refractivity contribution is 8.20. The maximum Gasteiger partial charge on any atom is 0.270 e. The van der Waals surface area contributed by atoms with E-state index in [-0.39, 0.29) is 0 Å². The topological polar surface area (TPSA) is 91.4 Å². The van der Waals surface area contributed by atoms with Gasteiger partial charge in [0.15, 0.2) is 5.98 Å². The van der Waals surface area contributed by atoms with Crippen molar-refractivity contribution in [2.75, 3.05) is 0 Å². The third kappa shape index (κ3) is 8.62. The molecule has 0 radical (unpaired) electrons. The van der Waals surface area contributed by atoms with Gasteiger partial charge in [-0.05, 0) is 47.3 Å². The highest BCUT2D eigenvalue weighted by Gasteiger charge is 2.08. The lowest BCUT2D eigenvalue weighted by Crippen LogP contribution is -2.33. The minimum atomic E-state index is -1.20. The van der Waals surface area contributed by atoms with Crippen molar-refractivity contribution in [2.45, 2.75) is 0 Å². The van der Waals surface area contributed by atoms with E-state index in [0.717, 1.165) is 11.4 Å². The zero-order chi connectivity index (χ0) is 20.9. The van der Waals surface area contributed by atoms with Crippen molar-refractivity contribution in [2.24, 2.45) is 0 Å². The normalized spacial score (nSPS) is 9.66. The van der Waals surface area contributed by atoms with Crippen LogP contribution in [-0.2, 0) is 0 Å². The molecular formula is C18H14Cl3N6OP. The first-order chi connectivity index (χ1) is 14.1. The van der Waals surface area contributed by atoms with E-state index in [4.69, 9.17) is 33.7 Å². The van der Waals surface area contributed by atoms with Crippen molar-refractivity contribution in [1.29, 1.82) is 0 Å². The molecular weight excluding hydrogens is 454 g/mol. The minimum Gasteiger partial charge on any atom is -0.594 e. The molecule has 0 N–H and O–H groups in total. The molecule has 0 spiro atoms. The van der Waals surface area contributed by atoms with Crippen LogP contribution >= 0.6 is 39.7 Å². The molecule has 4 heterocycles. The smallest absolute Gasteiger partial charge is 0.270 e. The fraction of sp³-hybridized carbons (Fsp3) is 0. The number of hydrogen-bond donors (Lipinski definition) is 0. The van der Waals surface area contributed by atoms with Crippen LogP contribution in [0.15, 0.2) is 85.5 Å². The number of hydrogen-bond acceptors (Lipinski definition) is 6. The molecule has 4 aromatic heterocycles. The van der Waals surface area contributed by atoms with Gasteiger partial charge in [-0.1, -0.05) is 45.9 Å². The average molecular weight is 468 g/mol. The van der Waals surface area contributed by atoms with Crippen LogP contribution in [0.2, 0.25) is 0 Å². The summed E-state index contributed by atoms with van der Waals surface area (Å²) in [4.78, 5) is 8.75. The summed E-state index contributed by atoms with van der Waals surface area (Å²) in [7, 11) is 0. The molecule has 0 saturated heterocycles. The first kappa shape index (κ1) is 22.8. The van der Waals surface area contributed by atoms with E-state index >= 15 is 0 Å². The zero-order valence-corrected chi connectivity index (χ0v) is 17.9. The standard InChI is InChI=1S/C9H7N3O.C9H7N3.Cl3P/c13-12-9(5-3-7-11-12)8-4-1-2-6-10-8;1-2-6-10-8(4-1)9-5-3-7-11-12-9;1-4(2)3/h1-7H;1-7H;. The minimum absolute atomic E-state index is 0.461. The van der Waals surface area contributed by atoms with Crippen LogP contribution in [-0.4, -0.2) is 25.3 Å². The van der Waals surface area contributed by atoms with Crippen molar-refractivity contribution in [3.63, 3.8) is 0 Å². The molecule has 11 heteroatoms. The number of halogens is 3. The fourth-order valence-electron chi connectivity index (χ4n) is 2.01. The fourth-order valence-corrected chi connectivity index (χ4v) is 2.01. The lowest BCUT2D eigenvalue weighted by atomic mass is 10.2. The second-order valence-corrected chi connectivity index (χ2v) is 10.00. The summed E-state index contributed by atoms with van der Waals surface area (Å²) >= 11 is 14.6. The monoisotopic (exact) mass is 466 g/mol. The average Bonchev–Trinajstić information content (AvgIpc) is 2.76. The quantitative estimate of drug-likeness (QED) is 0.227. The Morgan fingerprint density at radius 3 is 1.79 bits per heavy atom. The summed E-state index contributed by atoms with van der Waals surface area (Å²) in [6, 6.07) is 18.2. The summed E-state index contributed by atoms with van der Waals surface area (Å²) in [5.74, 6) is -1.20. The van der Waals surface area contributed by atoms with Gasteiger partial charge in [0, 0.05) is 29.8 Å². The van der Waals surface area contributed by atoms with Gasteiger partial charge in [0.05, 0.1) is 11.9 Å². The van der Waals surface area contributed by atoms with Crippen molar-refractivity contribution >= 4 is 39.7 Å². The molecule has 0 amide bonds. The van der Waals surface area contributed by atoms with E-state index in [9.17, 15) is 5.21 Å². The number of rotatable bonds is 2. The number of aromatic nitrogens is 6. The number of nitrogens with zero attached hydrogens (tertiary/aromatic N) is 6. The van der Waals surface area contributed by atoms with Crippen molar-refractivity contribution in [3.8, 4) is 22.8 Å². The van der Waals surface area contributed by atoms with Gasteiger partial charge in [-0.15, -0.1) is 5.10 Å². The highest BCUT2D eigenvalue weighted by Crippen LogP contribution is 2.51. The van der Waals surface area contributed by atoms with E-state index in [1.165, 1.54) is 6.20 Å². The molecule has 7 nitrogen and oxygen atoms in total. The molecule has 0 bridgehead atoms. The van der Waals surface area contributed by atoms with Gasteiger partial charge in [0.25, 0.3) is 5.69 Å². The molecule has 148 valence electrons. The maximum atomic E-state index is 11.2. The summed E-state index contributed by atoms with van der Waals surface area (Å²) < 4.78 is 0. The van der Waals surface area contributed by atoms with Crippen LogP contribution in [0.4, 0.5) is 0 Å². The lowest BCUT2D eigenvalue weighted by molar-refractivity contribution is -0.658. The van der Waals surface area contributed by atoms with E-state index in [0.29, 0.717) is 16.2 Å². The molecule has 0 aliphatic carbocycles. The molecule has 0 aromatic carbocycles. The Kier molecular flexibility index (Phi) is 10.2. The Bertz CT molecular complexity index is 928. The van der Waals surface area contributed by atoms with E-state index in [1.807, 2.05) is 36.4 Å². The van der Waals surface area contributed by atoms with Crippen LogP contribution in [0.25, 0.3) is 22.8 Å². The molecule has 0 fully saturated rings. The van der Waals surface area contributed by atoms with E-state index < -0.39 is 5.98 Å². The molecule has 29 heavy (non-hydrogen) atoms. The van der Waals surface area contributed by atoms with Gasteiger partial charge in [0.2, 0.25) is 0 Å². The van der Waals surface area contributed by atoms with Crippen molar-refractivity contribution in [3.05, 3.63) is 90.7 Å². The summed E-state index contributed by atoms with van der Waals surface area (Å²) in [5.41, 5.74) is 2.75. The van der Waals surface area contributed by atoms with Crippen LogP contribution in [0.1, 0.15) is 0 Å². The third-order valence-corrected chi connectivity index (χ3v) is 3.14. The molecule has 0 aliphatic heterocycles. The Hall–Kier alpha value is -2.44. The third-order valence-electron chi connectivity index (χ3n) is 3.14. The molecule has 0 saturated carbocycles. The van der Waals surface area contributed by atoms with Gasteiger partial charge in [-0.3, -0.25) is 4.98 Å². The Morgan fingerprint density at radius 1 is 0.690 bits per heavy atom. The Morgan fingerprint density at radius 2 is 1.28 bits per heavy atom. The Balaban J connectivity index is 0.000000176. The summed E-state index contributed by atoms with van der Waals surface area (Å²) in [6.07, 6.45) is 6.47. The SMILES string of the molecule is ClP(Cl)Cl.[O-][n+]1ncccc1-c1ccccn1.c1ccc(-c2cccnn2)nc1. The summed E-state index contributed by atoms with van der Waals surface area (Å²) in [5, 5.41) is 22.5. The predicted octanol–water partition coefficient (Wildman–Crippen LogP) is 5.25. The van der Waals surface area contributed by atoms with Gasteiger partial charge in [-0.25, -0.2) is 4.98 Å².